The molecule has 2 unspecified atom stereocenters. The summed E-state index contributed by atoms with van der Waals surface area (Å²) in [7, 11) is 1.82. The molecule has 0 radical (unpaired) electrons. The largest absolute Gasteiger partial charge is 0.389 e. The van der Waals surface area contributed by atoms with E-state index in [9.17, 15) is 13.6 Å². The molecule has 1 saturated carbocycles. The second kappa shape index (κ2) is 8.11. The first kappa shape index (κ1) is 20.4. The smallest absolute Gasteiger partial charge is 0.277 e. The molecule has 7 nitrogen and oxygen atoms in total. The highest BCUT2D eigenvalue weighted by Gasteiger charge is 2.28. The Morgan fingerprint density at radius 2 is 2.03 bits per heavy atom. The number of rotatable bonds is 4. The molecule has 1 aliphatic carbocycles. The van der Waals surface area contributed by atoms with Crippen molar-refractivity contribution in [3.8, 4) is 10.6 Å². The highest BCUT2D eigenvalue weighted by molar-refractivity contribution is 7.19. The lowest BCUT2D eigenvalue weighted by atomic mass is 9.83. The SMILES string of the molecule is Cn1ncc(NC(=O)c2nc(-c3c(F)cccc3F)sc2N)c1C1CCCC(N)C1. The molecule has 3 aromatic rings. The van der Waals surface area contributed by atoms with Crippen LogP contribution in [0.4, 0.5) is 19.5 Å². The second-order valence-electron chi connectivity index (χ2n) is 7.47. The first-order valence-corrected chi connectivity index (χ1v) is 10.5. The van der Waals surface area contributed by atoms with Gasteiger partial charge in [-0.05, 0) is 31.4 Å². The number of nitrogens with two attached hydrogens (primary N) is 2. The highest BCUT2D eigenvalue weighted by atomic mass is 32.1. The molecule has 0 spiro atoms. The molecule has 2 heterocycles. The Hall–Kier alpha value is -2.85. The molecule has 0 aliphatic heterocycles. The van der Waals surface area contributed by atoms with Crippen molar-refractivity contribution in [2.24, 2.45) is 12.8 Å². The van der Waals surface area contributed by atoms with E-state index in [1.54, 1.807) is 10.9 Å². The van der Waals surface area contributed by atoms with Crippen molar-refractivity contribution >= 4 is 27.9 Å². The molecule has 2 aromatic heterocycles. The van der Waals surface area contributed by atoms with Crippen LogP contribution < -0.4 is 16.8 Å². The molecule has 1 fully saturated rings. The van der Waals surface area contributed by atoms with E-state index in [0.29, 0.717) is 5.69 Å². The van der Waals surface area contributed by atoms with Crippen molar-refractivity contribution in [2.75, 3.05) is 11.1 Å². The summed E-state index contributed by atoms with van der Waals surface area (Å²) >= 11 is 0.861. The van der Waals surface area contributed by atoms with Gasteiger partial charge in [0, 0.05) is 19.0 Å². The zero-order valence-corrected chi connectivity index (χ0v) is 17.2. The molecule has 1 amide bonds. The van der Waals surface area contributed by atoms with Crippen molar-refractivity contribution in [2.45, 2.75) is 37.6 Å². The molecule has 1 aliphatic rings. The van der Waals surface area contributed by atoms with Crippen LogP contribution in [0.5, 0.6) is 0 Å². The first-order chi connectivity index (χ1) is 14.3. The van der Waals surface area contributed by atoms with Gasteiger partial charge in [0.25, 0.3) is 5.91 Å². The van der Waals surface area contributed by atoms with Gasteiger partial charge in [-0.2, -0.15) is 5.10 Å². The van der Waals surface area contributed by atoms with Gasteiger partial charge in [-0.3, -0.25) is 9.48 Å². The number of hydrogen-bond donors (Lipinski definition) is 3. The number of amides is 1. The minimum atomic E-state index is -0.765. The number of hydrogen-bond acceptors (Lipinski definition) is 6. The van der Waals surface area contributed by atoms with E-state index in [1.165, 1.54) is 6.07 Å². The van der Waals surface area contributed by atoms with Gasteiger partial charge in [0.2, 0.25) is 0 Å². The number of anilines is 2. The summed E-state index contributed by atoms with van der Waals surface area (Å²) in [5.41, 5.74) is 13.2. The average Bonchev–Trinajstić information content (AvgIpc) is 3.24. The normalized spacial score (nSPS) is 19.1. The number of halogens is 2. The number of benzene rings is 1. The van der Waals surface area contributed by atoms with Crippen molar-refractivity contribution in [3.63, 3.8) is 0 Å². The van der Waals surface area contributed by atoms with Gasteiger partial charge in [0.1, 0.15) is 21.6 Å². The van der Waals surface area contributed by atoms with E-state index >= 15 is 0 Å². The van der Waals surface area contributed by atoms with E-state index in [1.807, 2.05) is 7.05 Å². The van der Waals surface area contributed by atoms with Gasteiger partial charge < -0.3 is 16.8 Å². The molecule has 1 aromatic carbocycles. The number of nitrogens with one attached hydrogen (secondary N) is 1. The maximum atomic E-state index is 14.1. The number of nitrogens with zero attached hydrogens (tertiary/aromatic N) is 3. The lowest BCUT2D eigenvalue weighted by molar-refractivity contribution is 0.102. The molecular weight excluding hydrogens is 410 g/mol. The second-order valence-corrected chi connectivity index (χ2v) is 8.50. The molecule has 5 N–H and O–H groups in total. The van der Waals surface area contributed by atoms with Crippen molar-refractivity contribution in [1.29, 1.82) is 0 Å². The predicted octanol–water partition coefficient (Wildman–Crippen LogP) is 3.64. The molecule has 4 rings (SSSR count). The summed E-state index contributed by atoms with van der Waals surface area (Å²) in [4.78, 5) is 17.0. The van der Waals surface area contributed by atoms with E-state index in [-0.39, 0.29) is 33.2 Å². The number of thiazole rings is 1. The quantitative estimate of drug-likeness (QED) is 0.583. The van der Waals surface area contributed by atoms with E-state index in [4.69, 9.17) is 11.5 Å². The standard InChI is InChI=1S/C20H22F2N6OS/c1-28-17(10-4-2-5-11(23)8-10)14(9-25-28)26-19(29)16-18(24)30-20(27-16)15-12(21)6-3-7-13(15)22/h3,6-7,9-11H,2,4-5,8,23-24H2,1H3,(H,26,29). The third-order valence-corrected chi connectivity index (χ3v) is 6.28. The Morgan fingerprint density at radius 1 is 1.30 bits per heavy atom. The van der Waals surface area contributed by atoms with Crippen LogP contribution in [0.1, 0.15) is 47.8 Å². The van der Waals surface area contributed by atoms with Crippen molar-refractivity contribution in [1.82, 2.24) is 14.8 Å². The van der Waals surface area contributed by atoms with Gasteiger partial charge in [-0.25, -0.2) is 13.8 Å². The van der Waals surface area contributed by atoms with Gasteiger partial charge in [0.05, 0.1) is 23.1 Å². The molecule has 30 heavy (non-hydrogen) atoms. The summed E-state index contributed by atoms with van der Waals surface area (Å²) in [5, 5.41) is 7.17. The number of aryl methyl sites for hydroxylation is 1. The van der Waals surface area contributed by atoms with Gasteiger partial charge in [0.15, 0.2) is 5.69 Å². The van der Waals surface area contributed by atoms with Crippen LogP contribution in [0, 0.1) is 11.6 Å². The number of aromatic nitrogens is 3. The van der Waals surface area contributed by atoms with Crippen molar-refractivity contribution < 1.29 is 13.6 Å². The lowest BCUT2D eigenvalue weighted by Crippen LogP contribution is -2.28. The summed E-state index contributed by atoms with van der Waals surface area (Å²) in [6.07, 6.45) is 5.36. The first-order valence-electron chi connectivity index (χ1n) is 9.64. The molecule has 10 heteroatoms. The fourth-order valence-electron chi connectivity index (χ4n) is 3.99. The third kappa shape index (κ3) is 3.80. The number of carbonyl (C=O) groups excluding carboxylic acids is 1. The summed E-state index contributed by atoms with van der Waals surface area (Å²) in [6, 6.07) is 3.65. The third-order valence-electron chi connectivity index (χ3n) is 5.38. The maximum absolute atomic E-state index is 14.1. The molecule has 158 valence electrons. The van der Waals surface area contributed by atoms with E-state index < -0.39 is 17.5 Å². The average molecular weight is 433 g/mol. The van der Waals surface area contributed by atoms with Crippen LogP contribution in [0.3, 0.4) is 0 Å². The van der Waals surface area contributed by atoms with Crippen LogP contribution in [0.2, 0.25) is 0 Å². The van der Waals surface area contributed by atoms with Crippen LogP contribution in [-0.4, -0.2) is 26.7 Å². The van der Waals surface area contributed by atoms with E-state index in [0.717, 1.165) is 54.8 Å². The van der Waals surface area contributed by atoms with Gasteiger partial charge in [-0.15, -0.1) is 0 Å². The monoisotopic (exact) mass is 432 g/mol. The van der Waals surface area contributed by atoms with Crippen LogP contribution in [-0.2, 0) is 7.05 Å². The topological polar surface area (TPSA) is 112 Å². The Bertz CT molecular complexity index is 1070. The van der Waals surface area contributed by atoms with Crippen molar-refractivity contribution in [3.05, 3.63) is 47.4 Å². The number of nitrogen functional groups attached to an aromatic ring is 1. The number of carbonyl (C=O) groups is 1. The van der Waals surface area contributed by atoms with Crippen LogP contribution in [0.25, 0.3) is 10.6 Å². The molecule has 2 atom stereocenters. The minimum Gasteiger partial charge on any atom is -0.389 e. The van der Waals surface area contributed by atoms with Crippen LogP contribution in [0.15, 0.2) is 24.4 Å². The van der Waals surface area contributed by atoms with Crippen LogP contribution >= 0.6 is 11.3 Å². The summed E-state index contributed by atoms with van der Waals surface area (Å²) in [6.45, 7) is 0. The van der Waals surface area contributed by atoms with E-state index in [2.05, 4.69) is 15.4 Å². The zero-order chi connectivity index (χ0) is 21.4. The summed E-state index contributed by atoms with van der Waals surface area (Å²) in [5.74, 6) is -1.90. The fraction of sp³-hybridized carbons (Fsp3) is 0.350. The zero-order valence-electron chi connectivity index (χ0n) is 16.4. The van der Waals surface area contributed by atoms with Gasteiger partial charge in [-0.1, -0.05) is 23.8 Å². The lowest BCUT2D eigenvalue weighted by Gasteiger charge is -2.27. The maximum Gasteiger partial charge on any atom is 0.277 e. The molecule has 0 saturated heterocycles. The Morgan fingerprint density at radius 3 is 2.73 bits per heavy atom. The Kier molecular flexibility index (Phi) is 5.52. The molecular formula is C20H22F2N6OS. The Labute approximate surface area is 176 Å². The van der Waals surface area contributed by atoms with Gasteiger partial charge >= 0.3 is 0 Å². The minimum absolute atomic E-state index is 0.0120. The Balaban J connectivity index is 1.61. The highest BCUT2D eigenvalue weighted by Crippen LogP contribution is 2.37. The molecule has 0 bridgehead atoms. The fourth-order valence-corrected chi connectivity index (χ4v) is 4.87. The summed E-state index contributed by atoms with van der Waals surface area (Å²) < 4.78 is 29.9. The predicted molar refractivity (Wildman–Crippen MR) is 112 cm³/mol.